The average Bonchev–Trinajstić information content (AvgIpc) is 3.21. The number of halogens is 1. The molecule has 2 atom stereocenters. The minimum absolute atomic E-state index is 0.0761. The fourth-order valence-corrected chi connectivity index (χ4v) is 6.90. The van der Waals surface area contributed by atoms with Gasteiger partial charge in [-0.1, -0.05) is 0 Å². The Morgan fingerprint density at radius 1 is 1.25 bits per heavy atom. The lowest BCUT2D eigenvalue weighted by atomic mass is 9.74. The Morgan fingerprint density at radius 3 is 2.56 bits per heavy atom. The third kappa shape index (κ3) is 3.32. The van der Waals surface area contributed by atoms with Crippen molar-refractivity contribution in [1.29, 1.82) is 5.26 Å². The zero-order valence-corrected chi connectivity index (χ0v) is 19.7. The number of aryl methyl sites for hydroxylation is 1. The van der Waals surface area contributed by atoms with Crippen molar-refractivity contribution in [3.63, 3.8) is 0 Å². The van der Waals surface area contributed by atoms with Crippen LogP contribution in [-0.4, -0.2) is 57.7 Å². The zero-order valence-electron chi connectivity index (χ0n) is 18.0. The van der Waals surface area contributed by atoms with Gasteiger partial charge in [0, 0.05) is 47.6 Å². The van der Waals surface area contributed by atoms with Crippen LogP contribution in [-0.2, 0) is 23.0 Å². The summed E-state index contributed by atoms with van der Waals surface area (Å²) in [6.07, 6.45) is 4.58. The Hall–Kier alpha value is -2.13. The quantitative estimate of drug-likeness (QED) is 0.508. The Morgan fingerprint density at radius 2 is 1.94 bits per heavy atom. The second-order valence-corrected chi connectivity index (χ2v) is 11.7. The molecule has 2 aromatic heterocycles. The van der Waals surface area contributed by atoms with Gasteiger partial charge in [0.05, 0.1) is 11.2 Å². The van der Waals surface area contributed by atoms with E-state index in [1.807, 2.05) is 4.90 Å². The molecule has 11 heteroatoms. The van der Waals surface area contributed by atoms with Gasteiger partial charge in [0.15, 0.2) is 11.6 Å². The van der Waals surface area contributed by atoms with Crippen LogP contribution in [0.3, 0.4) is 0 Å². The molecule has 2 saturated heterocycles. The number of rotatable bonds is 3. The van der Waals surface area contributed by atoms with Crippen molar-refractivity contribution in [3.05, 3.63) is 21.8 Å². The summed E-state index contributed by atoms with van der Waals surface area (Å²) in [5, 5.41) is 20.7. The van der Waals surface area contributed by atoms with Crippen molar-refractivity contribution in [2.75, 3.05) is 48.0 Å². The molecule has 1 unspecified atom stereocenters. The molecule has 0 bridgehead atoms. The fourth-order valence-electron chi connectivity index (χ4n) is 5.33. The molecule has 0 radical (unpaired) electrons. The molecule has 3 aliphatic rings. The molecule has 2 fully saturated rings. The van der Waals surface area contributed by atoms with Crippen LogP contribution in [0.25, 0.3) is 0 Å². The number of aromatic nitrogens is 2. The van der Waals surface area contributed by atoms with Crippen molar-refractivity contribution >= 4 is 39.1 Å². The second kappa shape index (κ2) is 7.45. The molecule has 170 valence electrons. The number of fused-ring (bicyclic) bond motifs is 2. The van der Waals surface area contributed by atoms with Crippen molar-refractivity contribution in [2.24, 2.45) is 0 Å². The largest absolute Gasteiger partial charge is 0.609 e. The molecule has 1 aliphatic carbocycles. The van der Waals surface area contributed by atoms with Gasteiger partial charge in [-0.15, -0.1) is 11.3 Å². The number of nitrogens with two attached hydrogens (primary N) is 1. The van der Waals surface area contributed by atoms with Gasteiger partial charge in [-0.2, -0.15) is 19.6 Å². The first-order valence-corrected chi connectivity index (χ1v) is 13.0. The van der Waals surface area contributed by atoms with Gasteiger partial charge < -0.3 is 25.2 Å². The Balaban J connectivity index is 1.49. The van der Waals surface area contributed by atoms with Gasteiger partial charge in [0.2, 0.25) is 5.82 Å². The average molecular weight is 477 g/mol. The highest BCUT2D eigenvalue weighted by atomic mass is 32.2. The van der Waals surface area contributed by atoms with Gasteiger partial charge >= 0.3 is 5.16 Å². The number of thiophene rings is 1. The summed E-state index contributed by atoms with van der Waals surface area (Å²) >= 11 is -0.0133. The summed E-state index contributed by atoms with van der Waals surface area (Å²) in [7, 11) is 0. The number of hydrogen-bond acceptors (Lipinski definition) is 9. The molecule has 32 heavy (non-hydrogen) atoms. The molecule has 2 aliphatic heterocycles. The van der Waals surface area contributed by atoms with E-state index in [2.05, 4.69) is 16.0 Å². The van der Waals surface area contributed by atoms with Crippen LogP contribution in [0.15, 0.2) is 5.16 Å². The molecule has 0 saturated carbocycles. The molecule has 0 aromatic carbocycles. The van der Waals surface area contributed by atoms with E-state index < -0.39 is 22.6 Å². The van der Waals surface area contributed by atoms with Gasteiger partial charge in [0.1, 0.15) is 17.3 Å². The van der Waals surface area contributed by atoms with Crippen LogP contribution in [0.4, 0.5) is 21.0 Å². The number of nitriles is 1. The van der Waals surface area contributed by atoms with Crippen LogP contribution in [0.5, 0.6) is 0 Å². The standard InChI is InChI=1S/C21H25FN6O2S2/c1-20(29)5-3-7-27(9-20)17-15(22)18(26-19(25-17)32(2)30)28-10-21(11-28)6-4-13-14(21)12(8-23)16(24)31-13/h29H,3-7,9-11,24H2,1-2H3/t20-,32?/m1/s1. The van der Waals surface area contributed by atoms with Crippen molar-refractivity contribution in [2.45, 2.75) is 48.8 Å². The van der Waals surface area contributed by atoms with Gasteiger partial charge in [-0.3, -0.25) is 0 Å². The molecule has 0 amide bonds. The summed E-state index contributed by atoms with van der Waals surface area (Å²) in [5.41, 5.74) is 6.45. The third-order valence-electron chi connectivity index (χ3n) is 6.79. The Bertz CT molecular complexity index is 1120. The first-order valence-electron chi connectivity index (χ1n) is 10.6. The Kier molecular flexibility index (Phi) is 5.05. The number of β-amino-alcohol motifs (C(OH)–C–C–N with tert-alkyl or cyclic N) is 1. The predicted molar refractivity (Wildman–Crippen MR) is 122 cm³/mol. The summed E-state index contributed by atoms with van der Waals surface area (Å²) in [6.45, 7) is 3.58. The summed E-state index contributed by atoms with van der Waals surface area (Å²) < 4.78 is 27.9. The van der Waals surface area contributed by atoms with E-state index in [4.69, 9.17) is 5.73 Å². The second-order valence-electron chi connectivity index (χ2n) is 9.33. The summed E-state index contributed by atoms with van der Waals surface area (Å²) in [5.74, 6) is -0.341. The van der Waals surface area contributed by atoms with Crippen molar-refractivity contribution < 1.29 is 14.0 Å². The van der Waals surface area contributed by atoms with E-state index in [0.29, 0.717) is 43.0 Å². The number of nitrogens with zero attached hydrogens (tertiary/aromatic N) is 5. The molecule has 2 aromatic rings. The number of piperidine rings is 1. The highest BCUT2D eigenvalue weighted by Gasteiger charge is 2.52. The minimum Gasteiger partial charge on any atom is -0.609 e. The van der Waals surface area contributed by atoms with Crippen molar-refractivity contribution in [3.8, 4) is 6.07 Å². The maximum Gasteiger partial charge on any atom is 0.346 e. The maximum atomic E-state index is 15.7. The number of nitrogen functional groups attached to an aromatic ring is 1. The fraction of sp³-hybridized carbons (Fsp3) is 0.571. The monoisotopic (exact) mass is 476 g/mol. The van der Waals surface area contributed by atoms with Crippen LogP contribution in [0.1, 0.15) is 42.2 Å². The lowest BCUT2D eigenvalue weighted by Crippen LogP contribution is -2.59. The highest BCUT2D eigenvalue weighted by Crippen LogP contribution is 2.52. The van der Waals surface area contributed by atoms with Crippen LogP contribution >= 0.6 is 11.3 Å². The van der Waals surface area contributed by atoms with Crippen LogP contribution < -0.4 is 15.5 Å². The predicted octanol–water partition coefficient (Wildman–Crippen LogP) is 1.92. The molecule has 5 rings (SSSR count). The van der Waals surface area contributed by atoms with Gasteiger partial charge in [-0.05, 0) is 38.2 Å². The minimum atomic E-state index is -1.49. The molecule has 8 nitrogen and oxygen atoms in total. The third-order valence-corrected chi connectivity index (χ3v) is 8.57. The number of hydrogen-bond donors (Lipinski definition) is 2. The first kappa shape index (κ1) is 21.7. The molecular formula is C21H25FN6O2S2. The summed E-state index contributed by atoms with van der Waals surface area (Å²) in [4.78, 5) is 13.3. The van der Waals surface area contributed by atoms with Crippen molar-refractivity contribution in [1.82, 2.24) is 9.97 Å². The lowest BCUT2D eigenvalue weighted by Gasteiger charge is -2.49. The highest BCUT2D eigenvalue weighted by molar-refractivity contribution is 7.90. The van der Waals surface area contributed by atoms with E-state index in [9.17, 15) is 14.9 Å². The molecule has 3 N–H and O–H groups in total. The lowest BCUT2D eigenvalue weighted by molar-refractivity contribution is 0.0445. The van der Waals surface area contributed by atoms with Crippen LogP contribution in [0.2, 0.25) is 0 Å². The van der Waals surface area contributed by atoms with Crippen LogP contribution in [0, 0.1) is 17.1 Å². The smallest absolute Gasteiger partial charge is 0.346 e. The van der Waals surface area contributed by atoms with E-state index in [0.717, 1.165) is 23.3 Å². The maximum absolute atomic E-state index is 15.7. The molecule has 1 spiro atoms. The van der Waals surface area contributed by atoms with Gasteiger partial charge in [-0.25, -0.2) is 0 Å². The topological polar surface area (TPSA) is 125 Å². The molecular weight excluding hydrogens is 451 g/mol. The van der Waals surface area contributed by atoms with Gasteiger partial charge in [0.25, 0.3) is 0 Å². The van der Waals surface area contributed by atoms with E-state index >= 15 is 4.39 Å². The zero-order chi connectivity index (χ0) is 22.8. The van der Waals surface area contributed by atoms with E-state index in [1.54, 1.807) is 11.8 Å². The number of aliphatic hydroxyl groups is 1. The van der Waals surface area contributed by atoms with E-state index in [-0.39, 0.29) is 28.8 Å². The molecule has 4 heterocycles. The normalized spacial score (nSPS) is 24.9. The van der Waals surface area contributed by atoms with E-state index in [1.165, 1.54) is 17.6 Å². The first-order chi connectivity index (χ1) is 15.1. The Labute approximate surface area is 193 Å². The summed E-state index contributed by atoms with van der Waals surface area (Å²) in [6, 6.07) is 2.25. The number of anilines is 3. The SMILES string of the molecule is C[S+]([O-])c1nc(N2CC3(CCc4sc(N)c(C#N)c43)C2)c(F)c(N2CCC[C@@](C)(O)C2)n1.